The van der Waals surface area contributed by atoms with Crippen molar-refractivity contribution in [1.29, 1.82) is 0 Å². The molecule has 182 valence electrons. The van der Waals surface area contributed by atoms with Gasteiger partial charge in [-0.2, -0.15) is 0 Å². The number of carbonyl (C=O) groups excluding carboxylic acids is 1. The van der Waals surface area contributed by atoms with Crippen LogP contribution in [0.15, 0.2) is 64.5 Å². The number of fused-ring (bicyclic) bond motifs is 1. The van der Waals surface area contributed by atoms with Crippen molar-refractivity contribution >= 4 is 27.5 Å². The average Bonchev–Trinajstić information content (AvgIpc) is 3.12. The fraction of sp³-hybridized carbons (Fsp3) is 0.440. The first-order chi connectivity index (χ1) is 16.5. The highest BCUT2D eigenvalue weighted by atomic mass is 32.2. The Morgan fingerprint density at radius 2 is 1.68 bits per heavy atom. The number of benzene rings is 2. The van der Waals surface area contributed by atoms with Gasteiger partial charge in [-0.05, 0) is 37.1 Å². The van der Waals surface area contributed by atoms with E-state index in [2.05, 4.69) is 49.1 Å². The number of hydrogen-bond acceptors (Lipinski definition) is 6. The smallest absolute Gasteiger partial charge is 0.263 e. The maximum absolute atomic E-state index is 12.1. The van der Waals surface area contributed by atoms with Gasteiger partial charge in [0.1, 0.15) is 5.84 Å². The summed E-state index contributed by atoms with van der Waals surface area (Å²) in [5.74, 6) is 0.504. The predicted octanol–water partition coefficient (Wildman–Crippen LogP) is 2.22. The van der Waals surface area contributed by atoms with Crippen LogP contribution in [-0.2, 0) is 14.8 Å². The van der Waals surface area contributed by atoms with E-state index in [0.717, 1.165) is 52.0 Å². The number of nitrogens with zero attached hydrogens (tertiary/aromatic N) is 3. The molecule has 2 aromatic rings. The van der Waals surface area contributed by atoms with Gasteiger partial charge in [0.2, 0.25) is 5.91 Å². The Bertz CT molecular complexity index is 1100. The molecule has 2 heterocycles. The van der Waals surface area contributed by atoms with E-state index in [1.54, 1.807) is 24.3 Å². The van der Waals surface area contributed by atoms with E-state index in [-0.39, 0.29) is 10.8 Å². The first-order valence-corrected chi connectivity index (χ1v) is 13.5. The zero-order valence-corrected chi connectivity index (χ0v) is 20.3. The molecule has 0 saturated carbocycles. The van der Waals surface area contributed by atoms with E-state index >= 15 is 0 Å². The van der Waals surface area contributed by atoms with Crippen LogP contribution in [0.2, 0.25) is 0 Å². The van der Waals surface area contributed by atoms with Gasteiger partial charge in [-0.3, -0.25) is 19.4 Å². The molecule has 0 bridgehead atoms. The minimum Gasteiger partial charge on any atom is -0.369 e. The molecule has 0 aliphatic carbocycles. The summed E-state index contributed by atoms with van der Waals surface area (Å²) in [4.78, 5) is 21.6. The summed E-state index contributed by atoms with van der Waals surface area (Å²) in [6.45, 7) is 6.12. The highest BCUT2D eigenvalue weighted by molar-refractivity contribution is 7.90. The number of para-hydroxylation sites is 1. The van der Waals surface area contributed by atoms with Crippen LogP contribution in [0.1, 0.15) is 31.2 Å². The van der Waals surface area contributed by atoms with Gasteiger partial charge in [-0.25, -0.2) is 8.42 Å². The molecule has 0 unspecified atom stereocenters. The van der Waals surface area contributed by atoms with E-state index in [0.29, 0.717) is 30.9 Å². The van der Waals surface area contributed by atoms with Crippen LogP contribution in [0.5, 0.6) is 0 Å². The van der Waals surface area contributed by atoms with Crippen LogP contribution in [-0.4, -0.2) is 70.9 Å². The van der Waals surface area contributed by atoms with Crippen molar-refractivity contribution in [2.24, 2.45) is 4.99 Å². The van der Waals surface area contributed by atoms with Crippen molar-refractivity contribution in [3.63, 3.8) is 0 Å². The maximum Gasteiger partial charge on any atom is 0.263 e. The van der Waals surface area contributed by atoms with Crippen LogP contribution in [0.25, 0.3) is 0 Å². The second-order valence-corrected chi connectivity index (χ2v) is 10.3. The SMILES string of the molecule is O=C(CCCCCN=C1NS(=O)(=O)c2ccccc21)NCCN1CCN(c2ccccc2)CC1. The van der Waals surface area contributed by atoms with E-state index in [4.69, 9.17) is 0 Å². The lowest BCUT2D eigenvalue weighted by Gasteiger charge is -2.36. The van der Waals surface area contributed by atoms with Crippen LogP contribution >= 0.6 is 0 Å². The number of amidine groups is 1. The summed E-state index contributed by atoms with van der Waals surface area (Å²) in [7, 11) is -3.49. The molecular weight excluding hydrogens is 450 g/mol. The molecule has 1 amide bonds. The van der Waals surface area contributed by atoms with Crippen LogP contribution < -0.4 is 14.9 Å². The zero-order chi connectivity index (χ0) is 23.8. The third-order valence-corrected chi connectivity index (χ3v) is 7.64. The van der Waals surface area contributed by atoms with Gasteiger partial charge in [-0.1, -0.05) is 36.8 Å². The Morgan fingerprint density at radius 1 is 0.941 bits per heavy atom. The minimum atomic E-state index is -3.49. The second kappa shape index (κ2) is 11.5. The minimum absolute atomic E-state index is 0.0896. The molecule has 0 atom stereocenters. The topological polar surface area (TPSA) is 94.1 Å². The standard InChI is InChI=1S/C25H33N5O3S/c31-24(26-15-16-29-17-19-30(20-18-29)21-9-3-1-4-10-21)13-5-2-8-14-27-25-22-11-6-7-12-23(22)34(32,33)28-25/h1,3-4,6-7,9-12H,2,5,8,13-20H2,(H,26,31)(H,27,28). The second-order valence-electron chi connectivity index (χ2n) is 8.66. The lowest BCUT2D eigenvalue weighted by atomic mass is 10.2. The van der Waals surface area contributed by atoms with E-state index < -0.39 is 10.0 Å². The summed E-state index contributed by atoms with van der Waals surface area (Å²) >= 11 is 0. The average molecular weight is 484 g/mol. The van der Waals surface area contributed by atoms with E-state index in [1.165, 1.54) is 5.69 Å². The van der Waals surface area contributed by atoms with Crippen molar-refractivity contribution in [3.05, 3.63) is 60.2 Å². The first kappa shape index (κ1) is 24.2. The van der Waals surface area contributed by atoms with Gasteiger partial charge in [0.25, 0.3) is 10.0 Å². The van der Waals surface area contributed by atoms with Gasteiger partial charge in [0.15, 0.2) is 0 Å². The van der Waals surface area contributed by atoms with Gasteiger partial charge in [0.05, 0.1) is 4.90 Å². The summed E-state index contributed by atoms with van der Waals surface area (Å²) in [6.07, 6.45) is 3.00. The van der Waals surface area contributed by atoms with Crippen molar-refractivity contribution < 1.29 is 13.2 Å². The normalized spacial score (nSPS) is 18.5. The number of amides is 1. The fourth-order valence-corrected chi connectivity index (χ4v) is 5.58. The molecule has 34 heavy (non-hydrogen) atoms. The number of hydrogen-bond donors (Lipinski definition) is 2. The summed E-state index contributed by atoms with van der Waals surface area (Å²) in [5.41, 5.74) is 1.90. The molecule has 2 aliphatic rings. The third kappa shape index (κ3) is 6.36. The summed E-state index contributed by atoms with van der Waals surface area (Å²) in [5, 5.41) is 3.03. The molecule has 2 aromatic carbocycles. The number of aliphatic imine (C=N–C) groups is 1. The largest absolute Gasteiger partial charge is 0.369 e. The van der Waals surface area contributed by atoms with Gasteiger partial charge < -0.3 is 10.2 Å². The summed E-state index contributed by atoms with van der Waals surface area (Å²) in [6, 6.07) is 17.3. The fourth-order valence-electron chi connectivity index (χ4n) is 4.33. The lowest BCUT2D eigenvalue weighted by molar-refractivity contribution is -0.121. The van der Waals surface area contributed by atoms with Crippen molar-refractivity contribution in [1.82, 2.24) is 14.9 Å². The van der Waals surface area contributed by atoms with Crippen molar-refractivity contribution in [2.75, 3.05) is 50.7 Å². The zero-order valence-electron chi connectivity index (χ0n) is 19.4. The molecule has 8 nitrogen and oxygen atoms in total. The number of nitrogens with one attached hydrogen (secondary N) is 2. The molecule has 2 aliphatic heterocycles. The monoisotopic (exact) mass is 483 g/mol. The number of carbonyl (C=O) groups is 1. The Morgan fingerprint density at radius 3 is 2.47 bits per heavy atom. The molecule has 2 N–H and O–H groups in total. The lowest BCUT2D eigenvalue weighted by Crippen LogP contribution is -2.48. The Hall–Kier alpha value is -2.91. The Labute approximate surface area is 202 Å². The van der Waals surface area contributed by atoms with Crippen molar-refractivity contribution in [2.45, 2.75) is 30.6 Å². The molecule has 9 heteroatoms. The van der Waals surface area contributed by atoms with Gasteiger partial charge in [-0.15, -0.1) is 0 Å². The van der Waals surface area contributed by atoms with Crippen molar-refractivity contribution in [3.8, 4) is 0 Å². The first-order valence-electron chi connectivity index (χ1n) is 12.0. The summed E-state index contributed by atoms with van der Waals surface area (Å²) < 4.78 is 26.7. The number of unbranched alkanes of at least 4 members (excludes halogenated alkanes) is 2. The van der Waals surface area contributed by atoms with Crippen LogP contribution in [0.3, 0.4) is 0 Å². The highest BCUT2D eigenvalue weighted by Crippen LogP contribution is 2.22. The van der Waals surface area contributed by atoms with Gasteiger partial charge in [0, 0.05) is 63.5 Å². The third-order valence-electron chi connectivity index (χ3n) is 6.24. The number of anilines is 1. The number of piperazine rings is 1. The van der Waals surface area contributed by atoms with Crippen LogP contribution in [0, 0.1) is 0 Å². The highest BCUT2D eigenvalue weighted by Gasteiger charge is 2.29. The molecule has 4 rings (SSSR count). The predicted molar refractivity (Wildman–Crippen MR) is 135 cm³/mol. The molecule has 0 radical (unpaired) electrons. The molecule has 1 saturated heterocycles. The maximum atomic E-state index is 12.1. The Balaban J connectivity index is 1.06. The van der Waals surface area contributed by atoms with E-state index in [9.17, 15) is 13.2 Å². The molecule has 0 spiro atoms. The van der Waals surface area contributed by atoms with Crippen LogP contribution in [0.4, 0.5) is 5.69 Å². The molecular formula is C25H33N5O3S. The number of rotatable bonds is 10. The quantitative estimate of drug-likeness (QED) is 0.506. The molecule has 1 fully saturated rings. The van der Waals surface area contributed by atoms with Gasteiger partial charge >= 0.3 is 0 Å². The Kier molecular flexibility index (Phi) is 8.18. The van der Waals surface area contributed by atoms with E-state index in [1.807, 2.05) is 6.07 Å². The number of sulfonamides is 1. The molecule has 0 aromatic heterocycles.